The number of rotatable bonds is 4. The van der Waals surface area contributed by atoms with Gasteiger partial charge in [-0.1, -0.05) is 35.9 Å². The number of aromatic nitrogens is 2. The first-order valence-electron chi connectivity index (χ1n) is 5.47. The molecule has 0 aliphatic heterocycles. The molecular formula is C13H13ClN3O. The van der Waals surface area contributed by atoms with E-state index in [0.29, 0.717) is 12.4 Å². The van der Waals surface area contributed by atoms with Crippen molar-refractivity contribution in [1.82, 2.24) is 10.2 Å². The van der Waals surface area contributed by atoms with Crippen molar-refractivity contribution in [2.45, 2.75) is 6.42 Å². The minimum absolute atomic E-state index is 0.243. The van der Waals surface area contributed by atoms with E-state index in [1.165, 1.54) is 5.56 Å². The van der Waals surface area contributed by atoms with Gasteiger partial charge in [-0.2, -0.15) is 0 Å². The van der Waals surface area contributed by atoms with Gasteiger partial charge in [-0.25, -0.2) is 0 Å². The smallest absolute Gasteiger partial charge is 0.188 e. The molecule has 0 atom stereocenters. The Hall–Kier alpha value is -1.81. The first-order valence-corrected chi connectivity index (χ1v) is 5.85. The van der Waals surface area contributed by atoms with Crippen molar-refractivity contribution in [3.05, 3.63) is 53.5 Å². The van der Waals surface area contributed by atoms with Gasteiger partial charge >= 0.3 is 0 Å². The molecule has 1 heterocycles. The lowest BCUT2D eigenvalue weighted by Crippen LogP contribution is -2.05. The van der Waals surface area contributed by atoms with Crippen molar-refractivity contribution in [2.75, 3.05) is 12.3 Å². The molecule has 0 unspecified atom stereocenters. The van der Waals surface area contributed by atoms with Crippen LogP contribution in [0, 0.1) is 6.92 Å². The lowest BCUT2D eigenvalue weighted by molar-refractivity contribution is 0.322. The van der Waals surface area contributed by atoms with Gasteiger partial charge < -0.3 is 10.5 Å². The molecule has 0 saturated carbocycles. The van der Waals surface area contributed by atoms with Crippen LogP contribution in [0.1, 0.15) is 11.1 Å². The summed E-state index contributed by atoms with van der Waals surface area (Å²) < 4.78 is 5.52. The summed E-state index contributed by atoms with van der Waals surface area (Å²) in [5.41, 5.74) is 7.79. The normalized spacial score (nSPS) is 10.3. The molecule has 0 amide bonds. The fraction of sp³-hybridized carbons (Fsp3) is 0.154. The van der Waals surface area contributed by atoms with Crippen LogP contribution in [-0.2, 0) is 6.42 Å². The quantitative estimate of drug-likeness (QED) is 0.920. The Labute approximate surface area is 111 Å². The minimum Gasteiger partial charge on any atom is -0.489 e. The summed E-state index contributed by atoms with van der Waals surface area (Å²) >= 11 is 5.71. The molecule has 0 bridgehead atoms. The number of anilines is 1. The maximum Gasteiger partial charge on any atom is 0.188 e. The minimum atomic E-state index is 0.243. The average Bonchev–Trinajstić information content (AvgIpc) is 2.36. The van der Waals surface area contributed by atoms with Crippen molar-refractivity contribution < 1.29 is 4.74 Å². The van der Waals surface area contributed by atoms with Gasteiger partial charge in [0.05, 0.1) is 6.61 Å². The number of nitrogens with zero attached hydrogens (tertiary/aromatic N) is 2. The van der Waals surface area contributed by atoms with E-state index in [2.05, 4.69) is 17.1 Å². The van der Waals surface area contributed by atoms with Gasteiger partial charge in [-0.3, -0.25) is 0 Å². The number of nitrogen functional groups attached to an aromatic ring is 1. The van der Waals surface area contributed by atoms with Gasteiger partial charge in [0, 0.05) is 12.5 Å². The summed E-state index contributed by atoms with van der Waals surface area (Å²) in [6, 6.07) is 9.53. The van der Waals surface area contributed by atoms with E-state index in [1.54, 1.807) is 6.07 Å². The molecule has 1 aromatic carbocycles. The molecule has 0 spiro atoms. The van der Waals surface area contributed by atoms with Gasteiger partial charge in [-0.05, 0) is 18.1 Å². The summed E-state index contributed by atoms with van der Waals surface area (Å²) in [5, 5.41) is 7.56. The first kappa shape index (κ1) is 12.6. The van der Waals surface area contributed by atoms with Crippen LogP contribution in [0.2, 0.25) is 5.15 Å². The number of benzene rings is 1. The molecule has 0 saturated heterocycles. The summed E-state index contributed by atoms with van der Waals surface area (Å²) in [6.07, 6.45) is 0.777. The van der Waals surface area contributed by atoms with Crippen molar-refractivity contribution >= 4 is 17.4 Å². The summed E-state index contributed by atoms with van der Waals surface area (Å²) in [4.78, 5) is 0. The van der Waals surface area contributed by atoms with Crippen molar-refractivity contribution in [3.8, 4) is 5.75 Å². The van der Waals surface area contributed by atoms with E-state index in [0.717, 1.165) is 12.0 Å². The van der Waals surface area contributed by atoms with Crippen LogP contribution in [0.15, 0.2) is 30.3 Å². The van der Waals surface area contributed by atoms with E-state index in [9.17, 15) is 0 Å². The maximum absolute atomic E-state index is 5.71. The van der Waals surface area contributed by atoms with Crippen molar-refractivity contribution in [3.63, 3.8) is 0 Å². The zero-order valence-electron chi connectivity index (χ0n) is 9.77. The highest BCUT2D eigenvalue weighted by atomic mass is 35.5. The Bertz CT molecular complexity index is 528. The van der Waals surface area contributed by atoms with Crippen LogP contribution < -0.4 is 10.5 Å². The molecule has 93 valence electrons. The van der Waals surface area contributed by atoms with Crippen LogP contribution in [-0.4, -0.2) is 16.8 Å². The summed E-state index contributed by atoms with van der Waals surface area (Å²) in [6.45, 7) is 4.34. The monoisotopic (exact) mass is 262 g/mol. The zero-order chi connectivity index (χ0) is 13.0. The van der Waals surface area contributed by atoms with Crippen molar-refractivity contribution in [1.29, 1.82) is 0 Å². The zero-order valence-corrected chi connectivity index (χ0v) is 10.5. The molecule has 5 heteroatoms. The average molecular weight is 263 g/mol. The van der Waals surface area contributed by atoms with E-state index in [1.807, 2.05) is 24.3 Å². The topological polar surface area (TPSA) is 61.0 Å². The summed E-state index contributed by atoms with van der Waals surface area (Å²) in [7, 11) is 0. The lowest BCUT2D eigenvalue weighted by atomic mass is 10.1. The molecule has 2 aromatic rings. The third kappa shape index (κ3) is 3.34. The molecule has 4 nitrogen and oxygen atoms in total. The van der Waals surface area contributed by atoms with Crippen molar-refractivity contribution in [2.24, 2.45) is 0 Å². The van der Waals surface area contributed by atoms with Gasteiger partial charge in [0.25, 0.3) is 0 Å². The Balaban J connectivity index is 1.92. The van der Waals surface area contributed by atoms with Gasteiger partial charge in [-0.15, -0.1) is 10.2 Å². The first-order chi connectivity index (χ1) is 8.65. The third-order valence-corrected chi connectivity index (χ3v) is 2.61. The number of ether oxygens (including phenoxy) is 1. The second-order valence-electron chi connectivity index (χ2n) is 3.83. The number of nitrogens with two attached hydrogens (primary N) is 1. The highest BCUT2D eigenvalue weighted by Gasteiger charge is 2.04. The van der Waals surface area contributed by atoms with Crippen LogP contribution in [0.5, 0.6) is 5.75 Å². The predicted molar refractivity (Wildman–Crippen MR) is 71.6 cm³/mol. The molecule has 0 aliphatic carbocycles. The highest BCUT2D eigenvalue weighted by Crippen LogP contribution is 2.20. The molecule has 0 fully saturated rings. The highest BCUT2D eigenvalue weighted by molar-refractivity contribution is 6.29. The Morgan fingerprint density at radius 3 is 2.67 bits per heavy atom. The second-order valence-corrected chi connectivity index (χ2v) is 4.22. The van der Waals surface area contributed by atoms with Gasteiger partial charge in [0.2, 0.25) is 0 Å². The Morgan fingerprint density at radius 1 is 1.22 bits per heavy atom. The molecule has 0 aliphatic rings. The SMILES string of the molecule is [CH2]c1ccc(CCOc2cc(Cl)nnc2N)cc1. The fourth-order valence-electron chi connectivity index (χ4n) is 1.46. The molecular weight excluding hydrogens is 250 g/mol. The summed E-state index contributed by atoms with van der Waals surface area (Å²) in [5.74, 6) is 0.705. The predicted octanol–water partition coefficient (Wildman–Crippen LogP) is 2.52. The fourth-order valence-corrected chi connectivity index (χ4v) is 1.60. The van der Waals surface area contributed by atoms with E-state index in [4.69, 9.17) is 22.1 Å². The molecule has 2 rings (SSSR count). The molecule has 2 N–H and O–H groups in total. The Morgan fingerprint density at radius 2 is 1.94 bits per heavy atom. The number of halogens is 1. The standard InChI is InChI=1S/C13H13ClN3O/c1-9-2-4-10(5-3-9)6-7-18-11-8-12(14)16-17-13(11)15/h2-5,8H,1,6-7H2,(H2,15,17). The van der Waals surface area contributed by atoms with Gasteiger partial charge in [0.15, 0.2) is 16.7 Å². The Kier molecular flexibility index (Phi) is 3.99. The third-order valence-electron chi connectivity index (χ3n) is 2.43. The van der Waals surface area contributed by atoms with E-state index < -0.39 is 0 Å². The number of hydrogen-bond donors (Lipinski definition) is 1. The van der Waals surface area contributed by atoms with E-state index >= 15 is 0 Å². The van der Waals surface area contributed by atoms with Crippen LogP contribution in [0.3, 0.4) is 0 Å². The molecule has 1 aromatic heterocycles. The van der Waals surface area contributed by atoms with Crippen LogP contribution in [0.25, 0.3) is 0 Å². The van der Waals surface area contributed by atoms with Gasteiger partial charge in [0.1, 0.15) is 0 Å². The van der Waals surface area contributed by atoms with Crippen LogP contribution in [0.4, 0.5) is 5.82 Å². The van der Waals surface area contributed by atoms with Crippen LogP contribution >= 0.6 is 11.6 Å². The lowest BCUT2D eigenvalue weighted by Gasteiger charge is -2.08. The van der Waals surface area contributed by atoms with E-state index in [-0.39, 0.29) is 11.0 Å². The largest absolute Gasteiger partial charge is 0.489 e. The second kappa shape index (κ2) is 5.69. The maximum atomic E-state index is 5.71. The molecule has 18 heavy (non-hydrogen) atoms. The number of hydrogen-bond acceptors (Lipinski definition) is 4. The molecule has 1 radical (unpaired) electrons.